The van der Waals surface area contributed by atoms with Crippen molar-refractivity contribution in [1.82, 2.24) is 0 Å². The van der Waals surface area contributed by atoms with Crippen LogP contribution in [-0.2, 0) is 11.2 Å². The van der Waals surface area contributed by atoms with Gasteiger partial charge in [0.2, 0.25) is 0 Å². The molecule has 1 unspecified atom stereocenters. The maximum Gasteiger partial charge on any atom is 0.140 e. The molecule has 0 aliphatic carbocycles. The predicted molar refractivity (Wildman–Crippen MR) is 76.1 cm³/mol. The highest BCUT2D eigenvalue weighted by Crippen LogP contribution is 2.22. The maximum atomic E-state index is 13.0. The lowest BCUT2D eigenvalue weighted by atomic mass is 9.91. The molecule has 0 bridgehead atoms. The molecule has 1 aromatic carbocycles. The first-order valence-electron chi connectivity index (χ1n) is 6.55. The summed E-state index contributed by atoms with van der Waals surface area (Å²) in [7, 11) is 0. The Balaban J connectivity index is 2.67. The number of benzene rings is 1. The summed E-state index contributed by atoms with van der Waals surface area (Å²) in [6.07, 6.45) is 4.45. The number of hydrogen-bond donors (Lipinski definition) is 0. The number of halogens is 2. The first-order valence-corrected chi connectivity index (χ1v) is 7.34. The quantitative estimate of drug-likeness (QED) is 0.698. The van der Waals surface area contributed by atoms with E-state index >= 15 is 0 Å². The summed E-state index contributed by atoms with van der Waals surface area (Å²) in [6.45, 7) is 4.19. The first-order chi connectivity index (χ1) is 8.58. The normalized spacial score (nSPS) is 12.4. The highest BCUT2D eigenvalue weighted by atomic mass is 79.9. The standard InChI is InChI=1S/C15H20BrFO/c1-3-5-6-11(4-2)15(18)9-12-7-8-13(17)10-14(12)16/h7-8,10-11H,3-6,9H2,1-2H3. The van der Waals surface area contributed by atoms with Gasteiger partial charge in [-0.15, -0.1) is 0 Å². The van der Waals surface area contributed by atoms with Gasteiger partial charge in [-0.1, -0.05) is 48.7 Å². The summed E-state index contributed by atoms with van der Waals surface area (Å²) >= 11 is 3.31. The lowest BCUT2D eigenvalue weighted by Crippen LogP contribution is -2.16. The average Bonchev–Trinajstić information content (AvgIpc) is 2.34. The second-order valence-corrected chi connectivity index (χ2v) is 5.48. The fourth-order valence-corrected chi connectivity index (χ4v) is 2.53. The Morgan fingerprint density at radius 2 is 2.11 bits per heavy atom. The lowest BCUT2D eigenvalue weighted by molar-refractivity contribution is -0.122. The maximum absolute atomic E-state index is 13.0. The number of ketones is 1. The molecule has 100 valence electrons. The third-order valence-corrected chi connectivity index (χ3v) is 3.97. The van der Waals surface area contributed by atoms with Crippen molar-refractivity contribution in [3.05, 3.63) is 34.1 Å². The van der Waals surface area contributed by atoms with E-state index < -0.39 is 0 Å². The van der Waals surface area contributed by atoms with Gasteiger partial charge in [-0.2, -0.15) is 0 Å². The molecule has 0 fully saturated rings. The van der Waals surface area contributed by atoms with E-state index in [1.807, 2.05) is 0 Å². The fraction of sp³-hybridized carbons (Fsp3) is 0.533. The Labute approximate surface area is 117 Å². The van der Waals surface area contributed by atoms with E-state index in [4.69, 9.17) is 0 Å². The van der Waals surface area contributed by atoms with Gasteiger partial charge in [0.05, 0.1) is 0 Å². The molecule has 0 spiro atoms. The fourth-order valence-electron chi connectivity index (χ4n) is 2.04. The molecule has 0 saturated carbocycles. The van der Waals surface area contributed by atoms with Gasteiger partial charge in [0.15, 0.2) is 0 Å². The number of unbranched alkanes of at least 4 members (excludes halogenated alkanes) is 1. The van der Waals surface area contributed by atoms with Crippen LogP contribution in [-0.4, -0.2) is 5.78 Å². The molecule has 1 rings (SSSR count). The van der Waals surface area contributed by atoms with Gasteiger partial charge in [0, 0.05) is 16.8 Å². The minimum atomic E-state index is -0.281. The molecule has 3 heteroatoms. The molecule has 0 N–H and O–H groups in total. The molecule has 0 heterocycles. The van der Waals surface area contributed by atoms with E-state index in [2.05, 4.69) is 29.8 Å². The molecular weight excluding hydrogens is 295 g/mol. The van der Waals surface area contributed by atoms with Gasteiger partial charge >= 0.3 is 0 Å². The number of Topliss-reactive ketones (excluding diaryl/α,β-unsaturated/α-hetero) is 1. The van der Waals surface area contributed by atoms with Gasteiger partial charge in [-0.3, -0.25) is 4.79 Å². The average molecular weight is 315 g/mol. The molecule has 0 aromatic heterocycles. The SMILES string of the molecule is CCCCC(CC)C(=O)Cc1ccc(F)cc1Br. The van der Waals surface area contributed by atoms with E-state index in [1.54, 1.807) is 6.07 Å². The van der Waals surface area contributed by atoms with Crippen molar-refractivity contribution in [2.75, 3.05) is 0 Å². The Kier molecular flexibility index (Phi) is 6.55. The van der Waals surface area contributed by atoms with Crippen molar-refractivity contribution in [2.24, 2.45) is 5.92 Å². The molecule has 1 aromatic rings. The van der Waals surface area contributed by atoms with Gasteiger partial charge < -0.3 is 0 Å². The molecule has 0 saturated heterocycles. The van der Waals surface area contributed by atoms with Crippen molar-refractivity contribution in [3.8, 4) is 0 Å². The molecule has 18 heavy (non-hydrogen) atoms. The zero-order valence-electron chi connectivity index (χ0n) is 11.0. The second kappa shape index (κ2) is 7.67. The van der Waals surface area contributed by atoms with E-state index in [1.165, 1.54) is 12.1 Å². The third kappa shape index (κ3) is 4.52. The Bertz CT molecular complexity index is 403. The van der Waals surface area contributed by atoms with E-state index in [9.17, 15) is 9.18 Å². The Hall–Kier alpha value is -0.700. The summed E-state index contributed by atoms with van der Waals surface area (Å²) in [5, 5.41) is 0. The molecule has 0 aliphatic rings. The van der Waals surface area contributed by atoms with Crippen LogP contribution in [0.1, 0.15) is 45.1 Å². The number of carbonyl (C=O) groups is 1. The van der Waals surface area contributed by atoms with Crippen LogP contribution in [0.4, 0.5) is 4.39 Å². The Morgan fingerprint density at radius 3 is 2.67 bits per heavy atom. The van der Waals surface area contributed by atoms with Crippen LogP contribution in [0.5, 0.6) is 0 Å². The minimum Gasteiger partial charge on any atom is -0.299 e. The van der Waals surface area contributed by atoms with Crippen molar-refractivity contribution in [3.63, 3.8) is 0 Å². The van der Waals surface area contributed by atoms with Gasteiger partial charge in [0.1, 0.15) is 11.6 Å². The van der Waals surface area contributed by atoms with Gasteiger partial charge in [-0.05, 0) is 30.5 Å². The summed E-state index contributed by atoms with van der Waals surface area (Å²) in [5.74, 6) is 0.122. The summed E-state index contributed by atoms with van der Waals surface area (Å²) in [6, 6.07) is 4.50. The van der Waals surface area contributed by atoms with Crippen molar-refractivity contribution < 1.29 is 9.18 Å². The topological polar surface area (TPSA) is 17.1 Å². The second-order valence-electron chi connectivity index (χ2n) is 4.63. The van der Waals surface area contributed by atoms with Crippen LogP contribution in [0.15, 0.2) is 22.7 Å². The Morgan fingerprint density at radius 1 is 1.39 bits per heavy atom. The van der Waals surface area contributed by atoms with Crippen molar-refractivity contribution in [1.29, 1.82) is 0 Å². The van der Waals surface area contributed by atoms with Crippen LogP contribution in [0.2, 0.25) is 0 Å². The largest absolute Gasteiger partial charge is 0.299 e. The number of rotatable bonds is 7. The van der Waals surface area contributed by atoms with E-state index in [0.29, 0.717) is 10.9 Å². The summed E-state index contributed by atoms with van der Waals surface area (Å²) < 4.78 is 13.6. The van der Waals surface area contributed by atoms with Crippen molar-refractivity contribution in [2.45, 2.75) is 46.0 Å². The molecule has 0 amide bonds. The number of hydrogen-bond acceptors (Lipinski definition) is 1. The third-order valence-electron chi connectivity index (χ3n) is 3.23. The van der Waals surface area contributed by atoms with Crippen LogP contribution < -0.4 is 0 Å². The highest BCUT2D eigenvalue weighted by Gasteiger charge is 2.17. The van der Waals surface area contributed by atoms with Crippen LogP contribution >= 0.6 is 15.9 Å². The van der Waals surface area contributed by atoms with E-state index in [-0.39, 0.29) is 17.5 Å². The molecule has 1 nitrogen and oxygen atoms in total. The molecule has 0 radical (unpaired) electrons. The summed E-state index contributed by atoms with van der Waals surface area (Å²) in [4.78, 5) is 12.2. The van der Waals surface area contributed by atoms with Gasteiger partial charge in [0.25, 0.3) is 0 Å². The van der Waals surface area contributed by atoms with Crippen LogP contribution in [0.25, 0.3) is 0 Å². The monoisotopic (exact) mass is 314 g/mol. The zero-order valence-corrected chi connectivity index (χ0v) is 12.6. The van der Waals surface area contributed by atoms with Crippen LogP contribution in [0, 0.1) is 11.7 Å². The highest BCUT2D eigenvalue weighted by molar-refractivity contribution is 9.10. The van der Waals surface area contributed by atoms with Crippen molar-refractivity contribution >= 4 is 21.7 Å². The smallest absolute Gasteiger partial charge is 0.140 e. The van der Waals surface area contributed by atoms with E-state index in [0.717, 1.165) is 31.2 Å². The number of carbonyl (C=O) groups excluding carboxylic acids is 1. The molecular formula is C15H20BrFO. The molecule has 0 aliphatic heterocycles. The van der Waals surface area contributed by atoms with Gasteiger partial charge in [-0.25, -0.2) is 4.39 Å². The van der Waals surface area contributed by atoms with Crippen LogP contribution in [0.3, 0.4) is 0 Å². The minimum absolute atomic E-state index is 0.141. The summed E-state index contributed by atoms with van der Waals surface area (Å²) in [5.41, 5.74) is 0.872. The lowest BCUT2D eigenvalue weighted by Gasteiger charge is -2.13. The zero-order chi connectivity index (χ0) is 13.5. The predicted octanol–water partition coefficient (Wildman–Crippen LogP) is 4.92. The first kappa shape index (κ1) is 15.4. The molecule has 1 atom stereocenters.